The fourth-order valence-electron chi connectivity index (χ4n) is 1.72. The van der Waals surface area contributed by atoms with Gasteiger partial charge in [-0.05, 0) is 29.3 Å². The average molecular weight is 234 g/mol. The maximum atomic E-state index is 8.75. The number of nitrogens with zero attached hydrogens (tertiary/aromatic N) is 3. The van der Waals surface area contributed by atoms with Crippen LogP contribution in [0.2, 0.25) is 0 Å². The molecule has 0 fully saturated rings. The Kier molecular flexibility index (Phi) is 4.94. The van der Waals surface area contributed by atoms with Gasteiger partial charge in [0.15, 0.2) is 0 Å². The molecule has 84 valence electrons. The van der Waals surface area contributed by atoms with Crippen LogP contribution in [0.15, 0.2) is 16.8 Å². The molecule has 0 aliphatic heterocycles. The van der Waals surface area contributed by atoms with Crippen LogP contribution >= 0.6 is 11.3 Å². The van der Waals surface area contributed by atoms with Gasteiger partial charge in [-0.1, -0.05) is 0 Å². The van der Waals surface area contributed by atoms with Gasteiger partial charge in [0.2, 0.25) is 0 Å². The maximum absolute atomic E-state index is 8.75. The minimum absolute atomic E-state index is 0.0643. The Morgan fingerprint density at radius 3 is 2.44 bits per heavy atom. The predicted molar refractivity (Wildman–Crippen MR) is 63.5 cm³/mol. The van der Waals surface area contributed by atoms with E-state index in [9.17, 15) is 0 Å². The van der Waals surface area contributed by atoms with Gasteiger partial charge in [-0.25, -0.2) is 0 Å². The van der Waals surface area contributed by atoms with Crippen molar-refractivity contribution >= 4 is 11.3 Å². The molecule has 0 aromatic carbocycles. The summed E-state index contributed by atoms with van der Waals surface area (Å²) in [6, 6.07) is 5.95. The van der Waals surface area contributed by atoms with Crippen LogP contribution in [0.25, 0.3) is 0 Å². The summed E-state index contributed by atoms with van der Waals surface area (Å²) in [5, 5.41) is 21.5. The van der Waals surface area contributed by atoms with Crippen LogP contribution < -0.4 is 5.73 Å². The van der Waals surface area contributed by atoms with Gasteiger partial charge in [-0.2, -0.15) is 21.9 Å². The summed E-state index contributed by atoms with van der Waals surface area (Å²) in [5.41, 5.74) is 7.01. The second-order valence-corrected chi connectivity index (χ2v) is 4.36. The van der Waals surface area contributed by atoms with E-state index in [0.29, 0.717) is 0 Å². The van der Waals surface area contributed by atoms with Crippen molar-refractivity contribution in [3.63, 3.8) is 0 Å². The summed E-state index contributed by atoms with van der Waals surface area (Å²) >= 11 is 1.59. The molecule has 0 aliphatic rings. The summed E-state index contributed by atoms with van der Waals surface area (Å²) in [6.07, 6.45) is 0. The van der Waals surface area contributed by atoms with Gasteiger partial charge < -0.3 is 5.73 Å². The SMILES string of the molecule is CC(N)C(c1ccsc1)N(CC#N)CC#N. The first-order valence-corrected chi connectivity index (χ1v) is 5.90. The standard InChI is InChI=1S/C11H14N4S/c1-9(14)11(10-2-7-16-8-10)15(5-3-12)6-4-13/h2,7-9,11H,5-6,14H2,1H3. The Bertz CT molecular complexity index is 369. The van der Waals surface area contributed by atoms with Crippen molar-refractivity contribution in [3.05, 3.63) is 22.4 Å². The third-order valence-corrected chi connectivity index (χ3v) is 3.03. The highest BCUT2D eigenvalue weighted by atomic mass is 32.1. The van der Waals surface area contributed by atoms with Crippen LogP contribution in [-0.2, 0) is 0 Å². The van der Waals surface area contributed by atoms with E-state index in [2.05, 4.69) is 12.1 Å². The molecule has 1 aromatic rings. The smallest absolute Gasteiger partial charge is 0.0879 e. The average Bonchev–Trinajstić information content (AvgIpc) is 2.71. The van der Waals surface area contributed by atoms with Crippen molar-refractivity contribution in [2.24, 2.45) is 5.73 Å². The molecule has 2 unspecified atom stereocenters. The zero-order valence-corrected chi connectivity index (χ0v) is 9.94. The zero-order chi connectivity index (χ0) is 12.0. The van der Waals surface area contributed by atoms with Gasteiger partial charge in [0.1, 0.15) is 0 Å². The van der Waals surface area contributed by atoms with E-state index in [0.717, 1.165) is 5.56 Å². The molecule has 0 aliphatic carbocycles. The predicted octanol–water partition coefficient (Wildman–Crippen LogP) is 1.49. The highest BCUT2D eigenvalue weighted by Gasteiger charge is 2.23. The Morgan fingerprint density at radius 1 is 1.44 bits per heavy atom. The van der Waals surface area contributed by atoms with Crippen molar-refractivity contribution in [2.45, 2.75) is 19.0 Å². The minimum atomic E-state index is -0.115. The van der Waals surface area contributed by atoms with E-state index < -0.39 is 0 Å². The lowest BCUT2D eigenvalue weighted by atomic mass is 10.0. The van der Waals surface area contributed by atoms with Gasteiger partial charge in [-0.15, -0.1) is 0 Å². The first kappa shape index (κ1) is 12.7. The summed E-state index contributed by atoms with van der Waals surface area (Å²) in [5.74, 6) is 0. The molecule has 5 heteroatoms. The number of thiophene rings is 1. The quantitative estimate of drug-likeness (QED) is 0.783. The molecule has 0 amide bonds. The molecule has 0 saturated carbocycles. The molecule has 2 atom stereocenters. The first-order chi connectivity index (χ1) is 7.70. The molecule has 0 bridgehead atoms. The highest BCUT2D eigenvalue weighted by Crippen LogP contribution is 2.24. The molecule has 4 nitrogen and oxygen atoms in total. The minimum Gasteiger partial charge on any atom is -0.326 e. The largest absolute Gasteiger partial charge is 0.326 e. The number of nitriles is 2. The van der Waals surface area contributed by atoms with Crippen molar-refractivity contribution in [2.75, 3.05) is 13.1 Å². The molecular formula is C11H14N4S. The van der Waals surface area contributed by atoms with Gasteiger partial charge in [-0.3, -0.25) is 4.90 Å². The number of nitrogens with two attached hydrogens (primary N) is 1. The van der Waals surface area contributed by atoms with E-state index in [4.69, 9.17) is 16.3 Å². The topological polar surface area (TPSA) is 76.8 Å². The van der Waals surface area contributed by atoms with Crippen LogP contribution in [0.5, 0.6) is 0 Å². The van der Waals surface area contributed by atoms with Crippen LogP contribution in [0, 0.1) is 22.7 Å². The number of hydrogen-bond acceptors (Lipinski definition) is 5. The summed E-state index contributed by atoms with van der Waals surface area (Å²) in [4.78, 5) is 1.80. The normalized spacial score (nSPS) is 14.1. The fraction of sp³-hybridized carbons (Fsp3) is 0.455. The van der Waals surface area contributed by atoms with E-state index in [1.165, 1.54) is 0 Å². The van der Waals surface area contributed by atoms with Crippen molar-refractivity contribution in [3.8, 4) is 12.1 Å². The number of hydrogen-bond donors (Lipinski definition) is 1. The second-order valence-electron chi connectivity index (χ2n) is 3.58. The zero-order valence-electron chi connectivity index (χ0n) is 9.13. The molecule has 2 N–H and O–H groups in total. The Morgan fingerprint density at radius 2 is 2.06 bits per heavy atom. The van der Waals surface area contributed by atoms with Crippen LogP contribution in [0.4, 0.5) is 0 Å². The van der Waals surface area contributed by atoms with Crippen LogP contribution in [-0.4, -0.2) is 24.0 Å². The van der Waals surface area contributed by atoms with E-state index in [1.807, 2.05) is 23.8 Å². The van der Waals surface area contributed by atoms with Crippen molar-refractivity contribution < 1.29 is 0 Å². The van der Waals surface area contributed by atoms with Crippen LogP contribution in [0.1, 0.15) is 18.5 Å². The second kappa shape index (κ2) is 6.24. The summed E-state index contributed by atoms with van der Waals surface area (Å²) in [7, 11) is 0. The lowest BCUT2D eigenvalue weighted by Crippen LogP contribution is -2.39. The van der Waals surface area contributed by atoms with E-state index >= 15 is 0 Å². The monoisotopic (exact) mass is 234 g/mol. The summed E-state index contributed by atoms with van der Waals surface area (Å²) in [6.45, 7) is 2.33. The molecule has 1 heterocycles. The molecule has 1 rings (SSSR count). The molecule has 0 spiro atoms. The number of rotatable bonds is 5. The van der Waals surface area contributed by atoms with Gasteiger partial charge >= 0.3 is 0 Å². The van der Waals surface area contributed by atoms with E-state index in [-0.39, 0.29) is 25.2 Å². The molecule has 0 radical (unpaired) electrons. The lowest BCUT2D eigenvalue weighted by molar-refractivity contribution is 0.222. The molecule has 16 heavy (non-hydrogen) atoms. The maximum Gasteiger partial charge on any atom is 0.0879 e. The van der Waals surface area contributed by atoms with Crippen LogP contribution in [0.3, 0.4) is 0 Å². The fourth-order valence-corrected chi connectivity index (χ4v) is 2.41. The van der Waals surface area contributed by atoms with Gasteiger partial charge in [0, 0.05) is 6.04 Å². The Balaban J connectivity index is 2.92. The van der Waals surface area contributed by atoms with Gasteiger partial charge in [0.25, 0.3) is 0 Å². The molecular weight excluding hydrogens is 220 g/mol. The molecule has 0 saturated heterocycles. The lowest BCUT2D eigenvalue weighted by Gasteiger charge is -2.30. The Hall–Kier alpha value is -1.40. The highest BCUT2D eigenvalue weighted by molar-refractivity contribution is 7.07. The first-order valence-electron chi connectivity index (χ1n) is 4.96. The third kappa shape index (κ3) is 3.04. The molecule has 1 aromatic heterocycles. The van der Waals surface area contributed by atoms with Gasteiger partial charge in [0.05, 0.1) is 31.3 Å². The van der Waals surface area contributed by atoms with Crippen molar-refractivity contribution in [1.82, 2.24) is 4.90 Å². The van der Waals surface area contributed by atoms with Crippen molar-refractivity contribution in [1.29, 1.82) is 10.5 Å². The van der Waals surface area contributed by atoms with E-state index in [1.54, 1.807) is 16.2 Å². The third-order valence-electron chi connectivity index (χ3n) is 2.32. The Labute approximate surface area is 99.5 Å². The summed E-state index contributed by atoms with van der Waals surface area (Å²) < 4.78 is 0.